The first-order chi connectivity index (χ1) is 6.70. The maximum Gasteiger partial charge on any atom is 0.322 e. The number of nitrogens with zero attached hydrogens (tertiary/aromatic N) is 1. The second kappa shape index (κ2) is 3.25. The van der Waals surface area contributed by atoms with E-state index in [0.717, 1.165) is 17.0 Å². The van der Waals surface area contributed by atoms with E-state index in [1.807, 2.05) is 0 Å². The first-order valence-electron chi connectivity index (χ1n) is 4.19. The highest BCUT2D eigenvalue weighted by Gasteiger charge is 2.26. The second-order valence-electron chi connectivity index (χ2n) is 2.95. The molecule has 74 valence electrons. The van der Waals surface area contributed by atoms with Crippen LogP contribution in [0.25, 0.3) is 0 Å². The molecular formula is C9H8F2N2O. The van der Waals surface area contributed by atoms with E-state index in [0.29, 0.717) is 6.54 Å². The zero-order valence-electron chi connectivity index (χ0n) is 7.26. The number of benzene rings is 1. The van der Waals surface area contributed by atoms with Gasteiger partial charge < -0.3 is 5.32 Å². The Morgan fingerprint density at radius 3 is 2.43 bits per heavy atom. The summed E-state index contributed by atoms with van der Waals surface area (Å²) < 4.78 is 26.4. The van der Waals surface area contributed by atoms with Crippen molar-refractivity contribution < 1.29 is 13.6 Å². The quantitative estimate of drug-likeness (QED) is 0.728. The molecule has 2 amide bonds. The van der Waals surface area contributed by atoms with Gasteiger partial charge in [-0.05, 0) is 12.1 Å². The number of carbonyl (C=O) groups excluding carboxylic acids is 1. The van der Waals surface area contributed by atoms with Crippen molar-refractivity contribution >= 4 is 11.7 Å². The van der Waals surface area contributed by atoms with Gasteiger partial charge in [0.25, 0.3) is 0 Å². The van der Waals surface area contributed by atoms with E-state index in [9.17, 15) is 13.6 Å². The molecule has 3 nitrogen and oxygen atoms in total. The summed E-state index contributed by atoms with van der Waals surface area (Å²) in [7, 11) is 0. The number of halogens is 2. The van der Waals surface area contributed by atoms with Crippen LogP contribution in [0.4, 0.5) is 19.3 Å². The van der Waals surface area contributed by atoms with Gasteiger partial charge in [0.1, 0.15) is 17.3 Å². The highest BCUT2D eigenvalue weighted by atomic mass is 19.1. The zero-order valence-corrected chi connectivity index (χ0v) is 7.26. The fourth-order valence-corrected chi connectivity index (χ4v) is 1.43. The molecule has 0 aromatic heterocycles. The van der Waals surface area contributed by atoms with Gasteiger partial charge in [0, 0.05) is 13.1 Å². The first kappa shape index (κ1) is 8.93. The Hall–Kier alpha value is -1.65. The van der Waals surface area contributed by atoms with Crippen molar-refractivity contribution in [2.75, 3.05) is 18.0 Å². The number of para-hydroxylation sites is 1. The SMILES string of the molecule is O=C1NCCN1c1c(F)cccc1F. The van der Waals surface area contributed by atoms with Crippen LogP contribution in [0.2, 0.25) is 0 Å². The number of nitrogens with one attached hydrogen (secondary N) is 1. The molecule has 0 radical (unpaired) electrons. The van der Waals surface area contributed by atoms with Gasteiger partial charge in [-0.1, -0.05) is 6.07 Å². The smallest absolute Gasteiger partial charge is 0.322 e. The third kappa shape index (κ3) is 1.30. The number of hydrogen-bond donors (Lipinski definition) is 1. The zero-order chi connectivity index (χ0) is 10.1. The van der Waals surface area contributed by atoms with E-state index in [2.05, 4.69) is 5.32 Å². The number of hydrogen-bond acceptors (Lipinski definition) is 1. The Balaban J connectivity index is 2.44. The van der Waals surface area contributed by atoms with Crippen LogP contribution >= 0.6 is 0 Å². The molecular weight excluding hydrogens is 190 g/mol. The molecule has 0 spiro atoms. The number of rotatable bonds is 1. The third-order valence-electron chi connectivity index (χ3n) is 2.06. The molecule has 1 heterocycles. The summed E-state index contributed by atoms with van der Waals surface area (Å²) >= 11 is 0. The summed E-state index contributed by atoms with van der Waals surface area (Å²) in [5, 5.41) is 2.48. The minimum atomic E-state index is -0.720. The topological polar surface area (TPSA) is 32.3 Å². The van der Waals surface area contributed by atoms with Crippen molar-refractivity contribution in [3.05, 3.63) is 29.8 Å². The van der Waals surface area contributed by atoms with E-state index in [1.54, 1.807) is 0 Å². The predicted molar refractivity (Wildman–Crippen MR) is 47.1 cm³/mol. The van der Waals surface area contributed by atoms with Crippen LogP contribution < -0.4 is 10.2 Å². The molecule has 1 aromatic rings. The molecule has 0 atom stereocenters. The van der Waals surface area contributed by atoms with Crippen LogP contribution in [-0.4, -0.2) is 19.1 Å². The Kier molecular flexibility index (Phi) is 2.07. The van der Waals surface area contributed by atoms with Gasteiger partial charge in [-0.3, -0.25) is 4.90 Å². The second-order valence-corrected chi connectivity index (χ2v) is 2.95. The summed E-state index contributed by atoms with van der Waals surface area (Å²) in [5.74, 6) is -1.44. The monoisotopic (exact) mass is 198 g/mol. The van der Waals surface area contributed by atoms with Gasteiger partial charge >= 0.3 is 6.03 Å². The van der Waals surface area contributed by atoms with Gasteiger partial charge in [-0.15, -0.1) is 0 Å². The predicted octanol–water partition coefficient (Wildman–Crippen LogP) is 1.49. The summed E-state index contributed by atoms with van der Waals surface area (Å²) in [6.07, 6.45) is 0. The molecule has 1 fully saturated rings. The Morgan fingerprint density at radius 2 is 1.93 bits per heavy atom. The summed E-state index contributed by atoms with van der Waals surface area (Å²) in [4.78, 5) is 12.2. The van der Waals surface area contributed by atoms with Gasteiger partial charge in [-0.2, -0.15) is 0 Å². The van der Waals surface area contributed by atoms with E-state index >= 15 is 0 Å². The largest absolute Gasteiger partial charge is 0.336 e. The van der Waals surface area contributed by atoms with Gasteiger partial charge in [0.15, 0.2) is 0 Å². The summed E-state index contributed by atoms with van der Waals surface area (Å²) in [5.41, 5.74) is -0.275. The van der Waals surface area contributed by atoms with Crippen molar-refractivity contribution in [1.82, 2.24) is 5.32 Å². The maximum atomic E-state index is 13.2. The maximum absolute atomic E-state index is 13.2. The highest BCUT2D eigenvalue weighted by Crippen LogP contribution is 2.24. The molecule has 2 rings (SSSR count). The molecule has 0 bridgehead atoms. The number of carbonyl (C=O) groups is 1. The van der Waals surface area contributed by atoms with Crippen molar-refractivity contribution in [3.8, 4) is 0 Å². The average Bonchev–Trinajstić information content (AvgIpc) is 2.52. The van der Waals surface area contributed by atoms with Crippen LogP contribution in [0.5, 0.6) is 0 Å². The molecule has 1 aliphatic heterocycles. The Labute approximate surface area is 79.3 Å². The lowest BCUT2D eigenvalue weighted by atomic mass is 10.2. The van der Waals surface area contributed by atoms with Crippen molar-refractivity contribution in [2.45, 2.75) is 0 Å². The number of anilines is 1. The van der Waals surface area contributed by atoms with Crippen LogP contribution in [0.15, 0.2) is 18.2 Å². The van der Waals surface area contributed by atoms with Crippen LogP contribution in [0, 0.1) is 11.6 Å². The van der Waals surface area contributed by atoms with Crippen LogP contribution in [0.1, 0.15) is 0 Å². The molecule has 5 heteroatoms. The summed E-state index contributed by atoms with van der Waals surface area (Å²) in [6.45, 7) is 0.698. The lowest BCUT2D eigenvalue weighted by Crippen LogP contribution is -2.29. The number of urea groups is 1. The van der Waals surface area contributed by atoms with Crippen molar-refractivity contribution in [3.63, 3.8) is 0 Å². The average molecular weight is 198 g/mol. The molecule has 1 aromatic carbocycles. The molecule has 0 saturated carbocycles. The highest BCUT2D eigenvalue weighted by molar-refractivity contribution is 5.94. The molecule has 14 heavy (non-hydrogen) atoms. The molecule has 0 aliphatic carbocycles. The van der Waals surface area contributed by atoms with E-state index in [-0.39, 0.29) is 12.2 Å². The normalized spacial score (nSPS) is 15.9. The minimum absolute atomic E-state index is 0.275. The van der Waals surface area contributed by atoms with Crippen molar-refractivity contribution in [2.24, 2.45) is 0 Å². The number of amides is 2. The summed E-state index contributed by atoms with van der Waals surface area (Å²) in [6, 6.07) is 3.06. The van der Waals surface area contributed by atoms with Crippen LogP contribution in [-0.2, 0) is 0 Å². The fourth-order valence-electron chi connectivity index (χ4n) is 1.43. The van der Waals surface area contributed by atoms with Gasteiger partial charge in [0.05, 0.1) is 0 Å². The van der Waals surface area contributed by atoms with E-state index in [1.165, 1.54) is 6.07 Å². The Morgan fingerprint density at radius 1 is 1.29 bits per heavy atom. The fraction of sp³-hybridized carbons (Fsp3) is 0.222. The Bertz CT molecular complexity index is 361. The van der Waals surface area contributed by atoms with Crippen molar-refractivity contribution in [1.29, 1.82) is 0 Å². The van der Waals surface area contributed by atoms with E-state index in [4.69, 9.17) is 0 Å². The molecule has 1 N–H and O–H groups in total. The first-order valence-corrected chi connectivity index (χ1v) is 4.19. The molecule has 1 aliphatic rings. The van der Waals surface area contributed by atoms with Gasteiger partial charge in [-0.25, -0.2) is 13.6 Å². The van der Waals surface area contributed by atoms with Gasteiger partial charge in [0.2, 0.25) is 0 Å². The molecule has 0 unspecified atom stereocenters. The lowest BCUT2D eigenvalue weighted by Gasteiger charge is -2.15. The standard InChI is InChI=1S/C9H8F2N2O/c10-6-2-1-3-7(11)8(6)13-5-4-12-9(13)14/h1-3H,4-5H2,(H,12,14). The minimum Gasteiger partial charge on any atom is -0.336 e. The lowest BCUT2D eigenvalue weighted by molar-refractivity contribution is 0.251. The molecule has 1 saturated heterocycles. The van der Waals surface area contributed by atoms with Crippen LogP contribution in [0.3, 0.4) is 0 Å². The third-order valence-corrected chi connectivity index (χ3v) is 2.06. The van der Waals surface area contributed by atoms with E-state index < -0.39 is 17.7 Å².